The van der Waals surface area contributed by atoms with Crippen molar-refractivity contribution < 1.29 is 9.59 Å². The van der Waals surface area contributed by atoms with E-state index >= 15 is 0 Å². The molecule has 0 bridgehead atoms. The molecule has 5 heteroatoms. The summed E-state index contributed by atoms with van der Waals surface area (Å²) in [6.07, 6.45) is 4.75. The molecule has 1 aromatic heterocycles. The van der Waals surface area contributed by atoms with Gasteiger partial charge in [-0.05, 0) is 60.4 Å². The highest BCUT2D eigenvalue weighted by Gasteiger charge is 2.36. The van der Waals surface area contributed by atoms with Crippen LogP contribution in [-0.4, -0.2) is 34.4 Å². The minimum absolute atomic E-state index is 0.0206. The summed E-state index contributed by atoms with van der Waals surface area (Å²) < 4.78 is 2.16. The van der Waals surface area contributed by atoms with Gasteiger partial charge >= 0.3 is 0 Å². The second-order valence-electron chi connectivity index (χ2n) is 9.50. The average molecular weight is 492 g/mol. The summed E-state index contributed by atoms with van der Waals surface area (Å²) in [5.74, 6) is -0.197. The van der Waals surface area contributed by atoms with E-state index in [4.69, 9.17) is 0 Å². The Morgan fingerprint density at radius 3 is 2.22 bits per heavy atom. The van der Waals surface area contributed by atoms with E-state index in [9.17, 15) is 9.59 Å². The molecule has 0 N–H and O–H groups in total. The predicted octanol–water partition coefficient (Wildman–Crippen LogP) is 6.42. The maximum Gasteiger partial charge on any atom is 0.254 e. The third kappa shape index (κ3) is 4.82. The number of nitrogens with zero attached hydrogens (tertiary/aromatic N) is 3. The molecule has 1 unspecified atom stereocenters. The van der Waals surface area contributed by atoms with Crippen molar-refractivity contribution in [3.05, 3.63) is 120 Å². The molecule has 0 saturated carbocycles. The summed E-state index contributed by atoms with van der Waals surface area (Å²) >= 11 is 0. The molecule has 2 amide bonds. The van der Waals surface area contributed by atoms with Crippen LogP contribution in [0.15, 0.2) is 97.2 Å². The van der Waals surface area contributed by atoms with Crippen LogP contribution in [0.4, 0.5) is 5.69 Å². The van der Waals surface area contributed by atoms with Crippen LogP contribution in [0, 0.1) is 0 Å². The molecule has 1 aliphatic rings. The van der Waals surface area contributed by atoms with Gasteiger partial charge in [-0.1, -0.05) is 74.9 Å². The van der Waals surface area contributed by atoms with Crippen LogP contribution in [0.5, 0.6) is 0 Å². The van der Waals surface area contributed by atoms with Crippen LogP contribution < -0.4 is 4.90 Å². The van der Waals surface area contributed by atoms with E-state index in [0.717, 1.165) is 41.9 Å². The summed E-state index contributed by atoms with van der Waals surface area (Å²) in [5, 5.41) is 0. The van der Waals surface area contributed by atoms with Crippen LogP contribution in [-0.2, 0) is 11.2 Å². The number of aryl methyl sites for hydroxylation is 1. The number of unbranched alkanes of at least 4 members (excludes halogenated alkanes) is 1. The largest absolute Gasteiger partial charge is 0.329 e. The molecule has 2 heterocycles. The van der Waals surface area contributed by atoms with Crippen molar-refractivity contribution in [2.24, 2.45) is 0 Å². The van der Waals surface area contributed by atoms with Gasteiger partial charge in [-0.2, -0.15) is 0 Å². The smallest absolute Gasteiger partial charge is 0.254 e. The van der Waals surface area contributed by atoms with Crippen molar-refractivity contribution in [3.8, 4) is 5.69 Å². The average Bonchev–Trinajstić information content (AvgIpc) is 3.44. The highest BCUT2D eigenvalue weighted by atomic mass is 16.2. The molecule has 0 aliphatic carbocycles. The fourth-order valence-corrected chi connectivity index (χ4v) is 5.12. The molecule has 1 aliphatic heterocycles. The van der Waals surface area contributed by atoms with Crippen molar-refractivity contribution in [2.45, 2.75) is 39.2 Å². The first-order chi connectivity index (χ1) is 18.1. The van der Waals surface area contributed by atoms with Gasteiger partial charge < -0.3 is 9.47 Å². The zero-order valence-electron chi connectivity index (χ0n) is 21.5. The molecule has 4 aromatic rings. The van der Waals surface area contributed by atoms with E-state index in [-0.39, 0.29) is 24.4 Å². The molecule has 1 atom stereocenters. The van der Waals surface area contributed by atoms with E-state index in [1.54, 1.807) is 4.90 Å². The zero-order chi connectivity index (χ0) is 25.8. The quantitative estimate of drug-likeness (QED) is 0.286. The van der Waals surface area contributed by atoms with Crippen LogP contribution in [0.3, 0.4) is 0 Å². The van der Waals surface area contributed by atoms with Crippen molar-refractivity contribution in [2.75, 3.05) is 18.0 Å². The minimum atomic E-state index is -0.287. The summed E-state index contributed by atoms with van der Waals surface area (Å²) in [6, 6.07) is 29.6. The van der Waals surface area contributed by atoms with Crippen molar-refractivity contribution in [3.63, 3.8) is 0 Å². The Labute approximate surface area is 219 Å². The summed E-state index contributed by atoms with van der Waals surface area (Å²) in [5.41, 5.74) is 5.68. The number of benzene rings is 3. The van der Waals surface area contributed by atoms with Gasteiger partial charge in [0.1, 0.15) is 12.6 Å². The highest BCUT2D eigenvalue weighted by molar-refractivity contribution is 6.02. The topological polar surface area (TPSA) is 45.6 Å². The number of fused-ring (bicyclic) bond motifs is 3. The maximum atomic E-state index is 14.2. The molecule has 5 rings (SSSR count). The SMILES string of the molecule is CCCCN(CC(=O)N1c2ccccc2-n2cccc2C1c1ccccc1)C(=O)c1ccc(CC)cc1. The monoisotopic (exact) mass is 491 g/mol. The highest BCUT2D eigenvalue weighted by Crippen LogP contribution is 2.42. The van der Waals surface area contributed by atoms with Gasteiger partial charge in [0.15, 0.2) is 0 Å². The lowest BCUT2D eigenvalue weighted by molar-refractivity contribution is -0.119. The van der Waals surface area contributed by atoms with Gasteiger partial charge in [0.2, 0.25) is 5.91 Å². The van der Waals surface area contributed by atoms with Gasteiger partial charge in [-0.3, -0.25) is 14.5 Å². The zero-order valence-corrected chi connectivity index (χ0v) is 21.5. The number of anilines is 1. The molecule has 3 aromatic carbocycles. The van der Waals surface area contributed by atoms with Crippen molar-refractivity contribution in [1.29, 1.82) is 0 Å². The number of carbonyl (C=O) groups excluding carboxylic acids is 2. The number of carbonyl (C=O) groups is 2. The van der Waals surface area contributed by atoms with Gasteiger partial charge in [-0.15, -0.1) is 0 Å². The Kier molecular flexibility index (Phi) is 7.22. The molecule has 5 nitrogen and oxygen atoms in total. The number of para-hydroxylation sites is 2. The van der Waals surface area contributed by atoms with E-state index in [0.29, 0.717) is 12.1 Å². The van der Waals surface area contributed by atoms with Crippen LogP contribution >= 0.6 is 0 Å². The molecule has 0 radical (unpaired) electrons. The fraction of sp³-hybridized carbons (Fsp3) is 0.250. The Morgan fingerprint density at radius 1 is 0.811 bits per heavy atom. The lowest BCUT2D eigenvalue weighted by Crippen LogP contribution is -2.47. The Hall–Kier alpha value is -4.12. The first-order valence-electron chi connectivity index (χ1n) is 13.1. The Morgan fingerprint density at radius 2 is 1.51 bits per heavy atom. The van der Waals surface area contributed by atoms with Crippen LogP contribution in [0.2, 0.25) is 0 Å². The molecule has 0 saturated heterocycles. The summed E-state index contributed by atoms with van der Waals surface area (Å²) in [4.78, 5) is 31.4. The normalized spacial score (nSPS) is 14.1. The van der Waals surface area contributed by atoms with Crippen molar-refractivity contribution in [1.82, 2.24) is 9.47 Å². The van der Waals surface area contributed by atoms with Gasteiger partial charge in [0, 0.05) is 18.3 Å². The maximum absolute atomic E-state index is 14.2. The number of aromatic nitrogens is 1. The second-order valence-corrected chi connectivity index (χ2v) is 9.50. The van der Waals surface area contributed by atoms with Crippen LogP contribution in [0.25, 0.3) is 5.69 Å². The lowest BCUT2D eigenvalue weighted by atomic mass is 9.97. The molecule has 188 valence electrons. The second kappa shape index (κ2) is 10.9. The van der Waals surface area contributed by atoms with E-state index in [1.807, 2.05) is 83.9 Å². The molecular formula is C32H33N3O2. The number of hydrogen-bond acceptors (Lipinski definition) is 2. The molecule has 37 heavy (non-hydrogen) atoms. The molecular weight excluding hydrogens is 458 g/mol. The number of amides is 2. The lowest BCUT2D eigenvalue weighted by Gasteiger charge is -2.39. The predicted molar refractivity (Wildman–Crippen MR) is 148 cm³/mol. The first kappa shape index (κ1) is 24.6. The summed E-state index contributed by atoms with van der Waals surface area (Å²) in [7, 11) is 0. The summed E-state index contributed by atoms with van der Waals surface area (Å²) in [6.45, 7) is 4.76. The number of hydrogen-bond donors (Lipinski definition) is 0. The third-order valence-corrected chi connectivity index (χ3v) is 7.11. The Balaban J connectivity index is 1.52. The Bertz CT molecular complexity index is 1370. The van der Waals surface area contributed by atoms with Gasteiger partial charge in [0.05, 0.1) is 17.1 Å². The van der Waals surface area contributed by atoms with Crippen molar-refractivity contribution >= 4 is 17.5 Å². The molecule has 0 spiro atoms. The van der Waals surface area contributed by atoms with E-state index in [2.05, 4.69) is 36.6 Å². The van der Waals surface area contributed by atoms with E-state index < -0.39 is 0 Å². The van der Waals surface area contributed by atoms with Gasteiger partial charge in [0.25, 0.3) is 5.91 Å². The minimum Gasteiger partial charge on any atom is -0.329 e. The first-order valence-corrected chi connectivity index (χ1v) is 13.1. The van der Waals surface area contributed by atoms with E-state index in [1.165, 1.54) is 5.56 Å². The van der Waals surface area contributed by atoms with Crippen LogP contribution in [0.1, 0.15) is 59.9 Å². The number of rotatable bonds is 8. The fourth-order valence-electron chi connectivity index (χ4n) is 5.12. The molecule has 0 fully saturated rings. The third-order valence-electron chi connectivity index (χ3n) is 7.11. The standard InChI is InChI=1S/C32H33N3O2/c1-3-5-21-33(32(37)26-19-17-24(4-2)18-20-26)23-30(36)35-28-15-10-9-14-27(28)34-22-11-16-29(34)31(35)25-12-7-6-8-13-25/h6-20,22,31H,3-5,21,23H2,1-2H3. The van der Waals surface area contributed by atoms with Gasteiger partial charge in [-0.25, -0.2) is 0 Å².